The molecule has 0 aromatic carbocycles. The smallest absolute Gasteiger partial charge is 0.381 e. The second kappa shape index (κ2) is 8.38. The van der Waals surface area contributed by atoms with Gasteiger partial charge in [-0.2, -0.15) is 26.3 Å². The van der Waals surface area contributed by atoms with Crippen LogP contribution in [0.5, 0.6) is 0 Å². The van der Waals surface area contributed by atoms with E-state index in [4.69, 9.17) is 4.74 Å². The molecule has 0 N–H and O–H groups in total. The lowest BCUT2D eigenvalue weighted by Gasteiger charge is -2.33. The molecule has 0 aliphatic heterocycles. The van der Waals surface area contributed by atoms with E-state index in [0.717, 1.165) is 0 Å². The van der Waals surface area contributed by atoms with E-state index in [2.05, 4.69) is 4.74 Å². The van der Waals surface area contributed by atoms with Gasteiger partial charge in [-0.25, -0.2) is 8.78 Å². The maximum Gasteiger partial charge on any atom is 0.381 e. The van der Waals surface area contributed by atoms with Crippen molar-refractivity contribution in [2.24, 2.45) is 23.2 Å². The quantitative estimate of drug-likeness (QED) is 0.349. The van der Waals surface area contributed by atoms with Gasteiger partial charge in [-0.1, -0.05) is 6.92 Å². The van der Waals surface area contributed by atoms with E-state index < -0.39 is 66.1 Å². The summed E-state index contributed by atoms with van der Waals surface area (Å²) in [7, 11) is 0. The number of hydrogen-bond acceptors (Lipinski definition) is 4. The Labute approximate surface area is 173 Å². The number of carbonyl (C=O) groups excluding carboxylic acids is 2. The number of halogens is 8. The molecular formula is C19H24F8O4. The number of fused-ring (bicyclic) bond motifs is 2. The molecule has 180 valence electrons. The first kappa shape index (κ1) is 25.6. The molecule has 12 heteroatoms. The summed E-state index contributed by atoms with van der Waals surface area (Å²) in [4.78, 5) is 24.5. The van der Waals surface area contributed by atoms with E-state index in [0.29, 0.717) is 19.3 Å². The summed E-state index contributed by atoms with van der Waals surface area (Å²) in [5.74, 6) is -22.1. The Hall–Kier alpha value is -1.62. The van der Waals surface area contributed by atoms with Gasteiger partial charge in [-0.15, -0.1) is 0 Å². The van der Waals surface area contributed by atoms with Gasteiger partial charge in [0.15, 0.2) is 6.61 Å². The van der Waals surface area contributed by atoms with Crippen LogP contribution in [0.1, 0.15) is 46.5 Å². The molecule has 4 atom stereocenters. The van der Waals surface area contributed by atoms with Crippen molar-refractivity contribution < 1.29 is 54.2 Å². The fourth-order valence-corrected chi connectivity index (χ4v) is 3.87. The number of esters is 2. The van der Waals surface area contributed by atoms with Crippen LogP contribution in [-0.4, -0.2) is 48.8 Å². The highest BCUT2D eigenvalue weighted by molar-refractivity contribution is 5.76. The summed E-state index contributed by atoms with van der Waals surface area (Å²) < 4.78 is 114. The Kier molecular flexibility index (Phi) is 6.93. The minimum Gasteiger partial charge on any atom is -0.462 e. The normalized spacial score (nSPS) is 27.0. The summed E-state index contributed by atoms with van der Waals surface area (Å²) in [6.45, 7) is 2.61. The van der Waals surface area contributed by atoms with Crippen LogP contribution in [0.25, 0.3) is 0 Å². The second-order valence-electron chi connectivity index (χ2n) is 8.83. The number of hydrogen-bond donors (Lipinski definition) is 0. The van der Waals surface area contributed by atoms with Crippen LogP contribution in [0, 0.1) is 23.2 Å². The molecule has 0 amide bonds. The van der Waals surface area contributed by atoms with Gasteiger partial charge in [0.2, 0.25) is 0 Å². The molecule has 2 aliphatic carbocycles. The third-order valence-electron chi connectivity index (χ3n) is 6.30. The van der Waals surface area contributed by atoms with Crippen LogP contribution in [0.3, 0.4) is 0 Å². The first-order valence-electron chi connectivity index (χ1n) is 9.77. The first-order chi connectivity index (χ1) is 14.0. The van der Waals surface area contributed by atoms with Crippen LogP contribution < -0.4 is 0 Å². The largest absolute Gasteiger partial charge is 0.462 e. The molecule has 0 radical (unpaired) electrons. The van der Waals surface area contributed by atoms with Crippen molar-refractivity contribution >= 4 is 11.9 Å². The summed E-state index contributed by atoms with van der Waals surface area (Å²) in [6, 6.07) is 0. The highest BCUT2D eigenvalue weighted by atomic mass is 19.4. The number of carbonyl (C=O) groups is 2. The Balaban J connectivity index is 2.02. The first-order valence-corrected chi connectivity index (χ1v) is 9.77. The number of ether oxygens (including phenoxy) is 2. The molecule has 0 heterocycles. The van der Waals surface area contributed by atoms with E-state index in [1.54, 1.807) is 20.8 Å². The third kappa shape index (κ3) is 4.62. The average molecular weight is 468 g/mol. The Bertz CT molecular complexity index is 694. The fourth-order valence-electron chi connectivity index (χ4n) is 3.87. The molecule has 4 unspecified atom stereocenters. The predicted molar refractivity (Wildman–Crippen MR) is 90.1 cm³/mol. The summed E-state index contributed by atoms with van der Waals surface area (Å²) in [6.07, 6.45) is -4.24. The topological polar surface area (TPSA) is 52.6 Å². The van der Waals surface area contributed by atoms with E-state index in [9.17, 15) is 44.7 Å². The molecular weight excluding hydrogens is 444 g/mol. The summed E-state index contributed by atoms with van der Waals surface area (Å²) >= 11 is 0. The Morgan fingerprint density at radius 3 is 2.06 bits per heavy atom. The molecule has 2 fully saturated rings. The van der Waals surface area contributed by atoms with Gasteiger partial charge in [-0.05, 0) is 45.4 Å². The average Bonchev–Trinajstić information content (AvgIpc) is 3.26. The van der Waals surface area contributed by atoms with Crippen molar-refractivity contribution in [1.82, 2.24) is 0 Å². The number of alkyl halides is 8. The van der Waals surface area contributed by atoms with Crippen LogP contribution in [0.15, 0.2) is 0 Å². The SMILES string of the molecule is CCC(C)(C)C(=O)OC1CC2CC(C(=O)OCC(F)(F)C(F)(F)C(F)(F)C(F)F)C1C2. The van der Waals surface area contributed by atoms with Crippen LogP contribution in [0.4, 0.5) is 35.1 Å². The standard InChI is InChI=1S/C19H24F8O4/c1-4-16(2,3)15(29)31-12-7-9-5-10(12)11(6-9)13(28)30-8-17(22,23)19(26,27)18(24,25)14(20)21/h9-12,14H,4-8H2,1-3H3. The van der Waals surface area contributed by atoms with Crippen LogP contribution in [-0.2, 0) is 19.1 Å². The van der Waals surface area contributed by atoms with Gasteiger partial charge in [-0.3, -0.25) is 9.59 Å². The molecule has 4 nitrogen and oxygen atoms in total. The maximum atomic E-state index is 13.6. The molecule has 0 aromatic heterocycles. The van der Waals surface area contributed by atoms with Gasteiger partial charge in [0.1, 0.15) is 6.10 Å². The zero-order valence-corrected chi connectivity index (χ0v) is 17.1. The van der Waals surface area contributed by atoms with E-state index in [1.807, 2.05) is 0 Å². The van der Waals surface area contributed by atoms with E-state index in [-0.39, 0.29) is 12.3 Å². The van der Waals surface area contributed by atoms with Crippen molar-refractivity contribution in [3.8, 4) is 0 Å². The maximum absolute atomic E-state index is 13.6. The molecule has 0 spiro atoms. The minimum absolute atomic E-state index is 0.0878. The fraction of sp³-hybridized carbons (Fsp3) is 0.895. The number of rotatable bonds is 9. The van der Waals surface area contributed by atoms with Crippen molar-refractivity contribution in [1.29, 1.82) is 0 Å². The van der Waals surface area contributed by atoms with Crippen molar-refractivity contribution in [3.63, 3.8) is 0 Å². The van der Waals surface area contributed by atoms with Crippen LogP contribution in [0.2, 0.25) is 0 Å². The van der Waals surface area contributed by atoms with Crippen molar-refractivity contribution in [3.05, 3.63) is 0 Å². The summed E-state index contributed by atoms with van der Waals surface area (Å²) in [5, 5.41) is 0. The van der Waals surface area contributed by atoms with Gasteiger partial charge in [0.05, 0.1) is 11.3 Å². The molecule has 2 rings (SSSR count). The molecule has 2 bridgehead atoms. The predicted octanol–water partition coefficient (Wildman–Crippen LogP) is 5.09. The van der Waals surface area contributed by atoms with Gasteiger partial charge >= 0.3 is 36.1 Å². The van der Waals surface area contributed by atoms with Gasteiger partial charge in [0, 0.05) is 5.92 Å². The highest BCUT2D eigenvalue weighted by Gasteiger charge is 2.75. The molecule has 31 heavy (non-hydrogen) atoms. The Morgan fingerprint density at radius 2 is 1.58 bits per heavy atom. The lowest BCUT2D eigenvalue weighted by atomic mass is 9.86. The third-order valence-corrected chi connectivity index (χ3v) is 6.30. The molecule has 2 saturated carbocycles. The lowest BCUT2D eigenvalue weighted by Crippen LogP contribution is -2.59. The monoisotopic (exact) mass is 468 g/mol. The van der Waals surface area contributed by atoms with Gasteiger partial charge < -0.3 is 9.47 Å². The van der Waals surface area contributed by atoms with Gasteiger partial charge in [0.25, 0.3) is 0 Å². The molecule has 2 aliphatic rings. The summed E-state index contributed by atoms with van der Waals surface area (Å²) in [5.41, 5.74) is -0.790. The molecule has 0 saturated heterocycles. The van der Waals surface area contributed by atoms with E-state index in [1.165, 1.54) is 0 Å². The minimum atomic E-state index is -6.44. The second-order valence-corrected chi connectivity index (χ2v) is 8.83. The van der Waals surface area contributed by atoms with Crippen molar-refractivity contribution in [2.45, 2.75) is 76.8 Å². The molecule has 0 aromatic rings. The lowest BCUT2D eigenvalue weighted by molar-refractivity contribution is -0.344. The highest BCUT2D eigenvalue weighted by Crippen LogP contribution is 2.52. The van der Waals surface area contributed by atoms with Crippen LogP contribution >= 0.6 is 0 Å². The zero-order chi connectivity index (χ0) is 24.0. The Morgan fingerprint density at radius 1 is 1.00 bits per heavy atom. The van der Waals surface area contributed by atoms with Crippen molar-refractivity contribution in [2.75, 3.05) is 6.61 Å². The zero-order valence-electron chi connectivity index (χ0n) is 17.1. The van der Waals surface area contributed by atoms with E-state index >= 15 is 0 Å².